The number of allylic oxidation sites excluding steroid dienone is 1. The third kappa shape index (κ3) is 3.98. The summed E-state index contributed by atoms with van der Waals surface area (Å²) < 4.78 is 4.89. The Morgan fingerprint density at radius 2 is 2.00 bits per heavy atom. The van der Waals surface area contributed by atoms with Crippen LogP contribution in [0.4, 0.5) is 0 Å². The van der Waals surface area contributed by atoms with Crippen molar-refractivity contribution < 1.29 is 19.4 Å². The van der Waals surface area contributed by atoms with Gasteiger partial charge >= 0.3 is 11.9 Å². The van der Waals surface area contributed by atoms with E-state index in [0.717, 1.165) is 0 Å². The van der Waals surface area contributed by atoms with Gasteiger partial charge in [0.15, 0.2) is 0 Å². The molecule has 8 heteroatoms. The summed E-state index contributed by atoms with van der Waals surface area (Å²) in [5, 5.41) is 22.1. The van der Waals surface area contributed by atoms with Crippen LogP contribution < -0.4 is 5.32 Å². The highest BCUT2D eigenvalue weighted by atomic mass is 16.5. The number of benzene rings is 1. The Morgan fingerprint density at radius 1 is 1.33 bits per heavy atom. The summed E-state index contributed by atoms with van der Waals surface area (Å²) in [5.41, 5.74) is 0.992. The van der Waals surface area contributed by atoms with E-state index in [4.69, 9.17) is 4.74 Å². The number of ether oxygens (including phenoxy) is 1. The van der Waals surface area contributed by atoms with Gasteiger partial charge in [0.25, 0.3) is 0 Å². The highest BCUT2D eigenvalue weighted by molar-refractivity contribution is 5.99. The van der Waals surface area contributed by atoms with E-state index in [2.05, 4.69) is 16.4 Å². The standard InChI is InChI=1S/C19H20N4O4/c1-11-14(18(24)25)15(13-8-6-5-7-12(13)9-20)16(19(26)27-4)17(22-11)21-10-23(2)3/h5-8,10,15,22H,1-4H3,(H,24,25). The predicted octanol–water partition coefficient (Wildman–Crippen LogP) is 1.58. The average Bonchev–Trinajstić information content (AvgIpc) is 2.64. The van der Waals surface area contributed by atoms with Crippen LogP contribution in [0.5, 0.6) is 0 Å². The number of rotatable bonds is 5. The molecule has 2 N–H and O–H groups in total. The van der Waals surface area contributed by atoms with Gasteiger partial charge in [0.05, 0.1) is 42.1 Å². The van der Waals surface area contributed by atoms with Gasteiger partial charge in [0.2, 0.25) is 0 Å². The summed E-state index contributed by atoms with van der Waals surface area (Å²) in [6.45, 7) is 1.59. The zero-order valence-electron chi connectivity index (χ0n) is 15.5. The molecule has 8 nitrogen and oxygen atoms in total. The Kier molecular flexibility index (Phi) is 5.98. The number of carboxylic acid groups (broad SMARTS) is 1. The first-order chi connectivity index (χ1) is 12.8. The van der Waals surface area contributed by atoms with Gasteiger partial charge in [-0.25, -0.2) is 14.6 Å². The number of aliphatic carboxylic acids is 1. The molecule has 1 aromatic carbocycles. The number of hydrogen-bond donors (Lipinski definition) is 2. The van der Waals surface area contributed by atoms with Crippen molar-refractivity contribution in [2.75, 3.05) is 21.2 Å². The van der Waals surface area contributed by atoms with E-state index in [-0.39, 0.29) is 22.5 Å². The van der Waals surface area contributed by atoms with Crippen molar-refractivity contribution in [1.82, 2.24) is 10.2 Å². The Hall–Kier alpha value is -3.60. The Labute approximate surface area is 157 Å². The normalized spacial score (nSPS) is 16.8. The third-order valence-corrected chi connectivity index (χ3v) is 3.99. The van der Waals surface area contributed by atoms with Crippen LogP contribution in [0.2, 0.25) is 0 Å². The Morgan fingerprint density at radius 3 is 2.56 bits per heavy atom. The molecular weight excluding hydrogens is 348 g/mol. The second-order valence-corrected chi connectivity index (χ2v) is 6.06. The molecule has 0 amide bonds. The number of hydrogen-bond acceptors (Lipinski definition) is 6. The topological polar surface area (TPSA) is 115 Å². The van der Waals surface area contributed by atoms with Gasteiger partial charge in [-0.15, -0.1) is 0 Å². The van der Waals surface area contributed by atoms with Crippen molar-refractivity contribution >= 4 is 18.3 Å². The molecule has 0 spiro atoms. The summed E-state index contributed by atoms with van der Waals surface area (Å²) in [6, 6.07) is 8.61. The lowest BCUT2D eigenvalue weighted by molar-refractivity contribution is -0.136. The second-order valence-electron chi connectivity index (χ2n) is 6.06. The van der Waals surface area contributed by atoms with Crippen LogP contribution in [0.3, 0.4) is 0 Å². The molecule has 0 aromatic heterocycles. The number of aliphatic imine (C=N–C) groups is 1. The van der Waals surface area contributed by atoms with E-state index >= 15 is 0 Å². The molecule has 1 aromatic rings. The second kappa shape index (κ2) is 8.19. The lowest BCUT2D eigenvalue weighted by Crippen LogP contribution is -2.32. The van der Waals surface area contributed by atoms with Crippen molar-refractivity contribution in [1.29, 1.82) is 5.26 Å². The van der Waals surface area contributed by atoms with E-state index in [9.17, 15) is 20.0 Å². The lowest BCUT2D eigenvalue weighted by atomic mass is 9.79. The first kappa shape index (κ1) is 19.7. The maximum absolute atomic E-state index is 12.6. The van der Waals surface area contributed by atoms with Gasteiger partial charge in [-0.1, -0.05) is 18.2 Å². The number of nitrogens with one attached hydrogen (secondary N) is 1. The van der Waals surface area contributed by atoms with Crippen LogP contribution in [0.15, 0.2) is 51.9 Å². The summed E-state index contributed by atoms with van der Waals surface area (Å²) in [7, 11) is 4.73. The molecule has 1 aliphatic heterocycles. The third-order valence-electron chi connectivity index (χ3n) is 3.99. The largest absolute Gasteiger partial charge is 0.478 e. The van der Waals surface area contributed by atoms with E-state index in [1.54, 1.807) is 50.2 Å². The average molecular weight is 368 g/mol. The molecule has 1 heterocycles. The number of carbonyl (C=O) groups is 2. The zero-order valence-corrected chi connectivity index (χ0v) is 15.5. The molecular formula is C19H20N4O4. The van der Waals surface area contributed by atoms with Crippen molar-refractivity contribution in [3.05, 3.63) is 58.1 Å². The summed E-state index contributed by atoms with van der Waals surface area (Å²) in [5.74, 6) is -2.75. The van der Waals surface area contributed by atoms with Gasteiger partial charge in [-0.05, 0) is 18.6 Å². The minimum atomic E-state index is -1.20. The Balaban J connectivity index is 2.83. The minimum absolute atomic E-state index is 0.0290. The zero-order chi connectivity index (χ0) is 20.1. The molecule has 140 valence electrons. The van der Waals surface area contributed by atoms with E-state index in [0.29, 0.717) is 11.3 Å². The molecule has 0 saturated carbocycles. The summed E-state index contributed by atoms with van der Waals surface area (Å²) >= 11 is 0. The van der Waals surface area contributed by atoms with Crippen LogP contribution in [0.1, 0.15) is 24.0 Å². The van der Waals surface area contributed by atoms with E-state index < -0.39 is 17.9 Å². The van der Waals surface area contributed by atoms with Crippen LogP contribution >= 0.6 is 0 Å². The molecule has 0 aliphatic carbocycles. The molecule has 27 heavy (non-hydrogen) atoms. The van der Waals surface area contributed by atoms with E-state index in [1.165, 1.54) is 13.4 Å². The number of esters is 1. The molecule has 0 bridgehead atoms. The van der Waals surface area contributed by atoms with Gasteiger partial charge in [0, 0.05) is 19.8 Å². The van der Waals surface area contributed by atoms with Crippen molar-refractivity contribution in [3.63, 3.8) is 0 Å². The number of carbonyl (C=O) groups excluding carboxylic acids is 1. The fourth-order valence-electron chi connectivity index (χ4n) is 2.85. The molecule has 1 unspecified atom stereocenters. The fourth-order valence-corrected chi connectivity index (χ4v) is 2.85. The molecule has 1 atom stereocenters. The Bertz CT molecular complexity index is 907. The number of methoxy groups -OCH3 is 1. The SMILES string of the molecule is COC(=O)C1=C(N=CN(C)C)NC(C)=C(C(=O)O)C1c1ccccc1C#N. The maximum Gasteiger partial charge on any atom is 0.338 e. The van der Waals surface area contributed by atoms with Gasteiger partial charge < -0.3 is 20.1 Å². The van der Waals surface area contributed by atoms with Gasteiger partial charge in [0.1, 0.15) is 5.82 Å². The number of carboxylic acids is 1. The summed E-state index contributed by atoms with van der Waals surface area (Å²) in [6.07, 6.45) is 1.48. The highest BCUT2D eigenvalue weighted by Gasteiger charge is 2.39. The minimum Gasteiger partial charge on any atom is -0.478 e. The van der Waals surface area contributed by atoms with E-state index in [1.807, 2.05) is 0 Å². The fraction of sp³-hybridized carbons (Fsp3) is 0.263. The number of nitriles is 1. The molecule has 1 aliphatic rings. The van der Waals surface area contributed by atoms with Crippen LogP contribution in [0.25, 0.3) is 0 Å². The first-order valence-corrected chi connectivity index (χ1v) is 8.05. The smallest absolute Gasteiger partial charge is 0.338 e. The van der Waals surface area contributed by atoms with Gasteiger partial charge in [-0.3, -0.25) is 0 Å². The number of nitrogens with zero attached hydrogens (tertiary/aromatic N) is 3. The maximum atomic E-state index is 12.6. The van der Waals surface area contributed by atoms with Crippen molar-refractivity contribution in [3.8, 4) is 6.07 Å². The van der Waals surface area contributed by atoms with Crippen LogP contribution in [-0.2, 0) is 14.3 Å². The monoisotopic (exact) mass is 368 g/mol. The lowest BCUT2D eigenvalue weighted by Gasteiger charge is -2.29. The van der Waals surface area contributed by atoms with Crippen molar-refractivity contribution in [2.45, 2.75) is 12.8 Å². The number of dihydropyridines is 1. The van der Waals surface area contributed by atoms with Crippen molar-refractivity contribution in [2.24, 2.45) is 4.99 Å². The highest BCUT2D eigenvalue weighted by Crippen LogP contribution is 2.40. The predicted molar refractivity (Wildman–Crippen MR) is 98.6 cm³/mol. The molecule has 0 radical (unpaired) electrons. The van der Waals surface area contributed by atoms with Gasteiger partial charge in [-0.2, -0.15) is 5.26 Å². The van der Waals surface area contributed by atoms with Crippen LogP contribution in [0, 0.1) is 11.3 Å². The molecule has 0 fully saturated rings. The summed E-state index contributed by atoms with van der Waals surface area (Å²) in [4.78, 5) is 30.5. The first-order valence-electron chi connectivity index (χ1n) is 8.05. The van der Waals surface area contributed by atoms with Crippen LogP contribution in [-0.4, -0.2) is 49.5 Å². The molecule has 0 saturated heterocycles. The quantitative estimate of drug-likeness (QED) is 0.460. The molecule has 2 rings (SSSR count).